The van der Waals surface area contributed by atoms with Gasteiger partial charge in [-0.15, -0.1) is 0 Å². The number of hydrogen-bond acceptors (Lipinski definition) is 4. The number of sulfonamides is 1. The van der Waals surface area contributed by atoms with Gasteiger partial charge < -0.3 is 5.11 Å². The molecule has 0 saturated carbocycles. The zero-order chi connectivity index (χ0) is 15.3. The van der Waals surface area contributed by atoms with Crippen LogP contribution in [0, 0.1) is 18.3 Å². The molecule has 0 amide bonds. The molecule has 0 heterocycles. The van der Waals surface area contributed by atoms with Gasteiger partial charge in [-0.3, -0.25) is 4.79 Å². The summed E-state index contributed by atoms with van der Waals surface area (Å²) in [6.45, 7) is 1.76. The minimum Gasteiger partial charge on any atom is -0.481 e. The molecule has 0 aliphatic heterocycles. The molecular formula is C13H16N2O4S. The Kier molecular flexibility index (Phi) is 5.25. The summed E-state index contributed by atoms with van der Waals surface area (Å²) in [5, 5.41) is 17.3. The fourth-order valence-electron chi connectivity index (χ4n) is 1.75. The Morgan fingerprint density at radius 1 is 1.45 bits per heavy atom. The maximum absolute atomic E-state index is 12.3. The molecule has 7 heteroatoms. The van der Waals surface area contributed by atoms with E-state index in [0.29, 0.717) is 11.1 Å². The maximum atomic E-state index is 12.3. The van der Waals surface area contributed by atoms with Gasteiger partial charge in [0.2, 0.25) is 10.0 Å². The van der Waals surface area contributed by atoms with Crippen LogP contribution in [0.25, 0.3) is 0 Å². The molecule has 0 fully saturated rings. The normalized spacial score (nSPS) is 11.3. The van der Waals surface area contributed by atoms with E-state index in [9.17, 15) is 13.2 Å². The highest BCUT2D eigenvalue weighted by Crippen LogP contribution is 2.20. The van der Waals surface area contributed by atoms with Crippen molar-refractivity contribution >= 4 is 16.0 Å². The van der Waals surface area contributed by atoms with Crippen LogP contribution in [0.1, 0.15) is 24.0 Å². The summed E-state index contributed by atoms with van der Waals surface area (Å²) in [4.78, 5) is 10.6. The number of nitrogens with zero attached hydrogens (tertiary/aromatic N) is 2. The second kappa shape index (κ2) is 6.50. The first-order valence-corrected chi connectivity index (χ1v) is 7.42. The van der Waals surface area contributed by atoms with Crippen LogP contribution in [-0.2, 0) is 14.8 Å². The molecular weight excluding hydrogens is 280 g/mol. The number of carboxylic acids is 1. The van der Waals surface area contributed by atoms with Crippen molar-refractivity contribution in [3.63, 3.8) is 0 Å². The zero-order valence-electron chi connectivity index (χ0n) is 11.3. The minimum atomic E-state index is -3.66. The van der Waals surface area contributed by atoms with Crippen molar-refractivity contribution in [2.75, 3.05) is 13.6 Å². The molecule has 1 rings (SSSR count). The van der Waals surface area contributed by atoms with Crippen LogP contribution in [0.2, 0.25) is 0 Å². The van der Waals surface area contributed by atoms with Gasteiger partial charge in [-0.25, -0.2) is 12.7 Å². The Morgan fingerprint density at radius 3 is 2.60 bits per heavy atom. The van der Waals surface area contributed by atoms with Gasteiger partial charge in [-0.1, -0.05) is 0 Å². The largest absolute Gasteiger partial charge is 0.481 e. The highest BCUT2D eigenvalue weighted by molar-refractivity contribution is 7.89. The molecule has 0 aliphatic carbocycles. The lowest BCUT2D eigenvalue weighted by Crippen LogP contribution is -2.28. The lowest BCUT2D eigenvalue weighted by atomic mass is 10.2. The van der Waals surface area contributed by atoms with E-state index in [1.165, 1.54) is 25.2 Å². The van der Waals surface area contributed by atoms with E-state index in [1.54, 1.807) is 6.92 Å². The molecule has 0 bridgehead atoms. The van der Waals surface area contributed by atoms with Crippen LogP contribution in [0.15, 0.2) is 23.1 Å². The predicted molar refractivity (Wildman–Crippen MR) is 72.6 cm³/mol. The maximum Gasteiger partial charge on any atom is 0.303 e. The van der Waals surface area contributed by atoms with E-state index in [1.807, 2.05) is 6.07 Å². The molecule has 0 saturated heterocycles. The number of nitriles is 1. The van der Waals surface area contributed by atoms with Crippen molar-refractivity contribution < 1.29 is 18.3 Å². The van der Waals surface area contributed by atoms with Gasteiger partial charge >= 0.3 is 5.97 Å². The Morgan fingerprint density at radius 2 is 2.10 bits per heavy atom. The summed E-state index contributed by atoms with van der Waals surface area (Å²) in [5.41, 5.74) is 0.893. The van der Waals surface area contributed by atoms with Gasteiger partial charge in [0.1, 0.15) is 0 Å². The van der Waals surface area contributed by atoms with Gasteiger partial charge in [-0.05, 0) is 37.1 Å². The highest BCUT2D eigenvalue weighted by Gasteiger charge is 2.22. The first-order valence-electron chi connectivity index (χ1n) is 5.98. The van der Waals surface area contributed by atoms with Gasteiger partial charge in [0.15, 0.2) is 0 Å². The molecule has 0 unspecified atom stereocenters. The summed E-state index contributed by atoms with van der Waals surface area (Å²) in [6.07, 6.45) is 0.173. The van der Waals surface area contributed by atoms with Gasteiger partial charge in [-0.2, -0.15) is 5.26 Å². The van der Waals surface area contributed by atoms with Crippen molar-refractivity contribution in [1.82, 2.24) is 4.31 Å². The van der Waals surface area contributed by atoms with E-state index in [-0.39, 0.29) is 24.3 Å². The van der Waals surface area contributed by atoms with Crippen LogP contribution in [0.3, 0.4) is 0 Å². The number of rotatable bonds is 6. The van der Waals surface area contributed by atoms with E-state index >= 15 is 0 Å². The minimum absolute atomic E-state index is 0.0772. The third kappa shape index (κ3) is 3.79. The fraction of sp³-hybridized carbons (Fsp3) is 0.385. The van der Waals surface area contributed by atoms with E-state index in [4.69, 9.17) is 10.4 Å². The average molecular weight is 296 g/mol. The van der Waals surface area contributed by atoms with Crippen molar-refractivity contribution in [2.45, 2.75) is 24.7 Å². The summed E-state index contributed by atoms with van der Waals surface area (Å²) in [7, 11) is -2.25. The quantitative estimate of drug-likeness (QED) is 0.854. The summed E-state index contributed by atoms with van der Waals surface area (Å²) >= 11 is 0. The van der Waals surface area contributed by atoms with Gasteiger partial charge in [0.05, 0.1) is 16.5 Å². The number of carboxylic acid groups (broad SMARTS) is 1. The first-order chi connectivity index (χ1) is 9.28. The zero-order valence-corrected chi connectivity index (χ0v) is 12.1. The van der Waals surface area contributed by atoms with Gasteiger partial charge in [0, 0.05) is 20.0 Å². The molecule has 6 nitrogen and oxygen atoms in total. The average Bonchev–Trinajstić information content (AvgIpc) is 2.37. The number of benzene rings is 1. The van der Waals surface area contributed by atoms with Crippen molar-refractivity contribution in [1.29, 1.82) is 5.26 Å². The molecule has 108 valence electrons. The molecule has 1 aromatic carbocycles. The van der Waals surface area contributed by atoms with Crippen molar-refractivity contribution in [3.8, 4) is 6.07 Å². The monoisotopic (exact) mass is 296 g/mol. The van der Waals surface area contributed by atoms with Crippen molar-refractivity contribution in [2.24, 2.45) is 0 Å². The Bertz CT molecular complexity index is 647. The van der Waals surface area contributed by atoms with Crippen LogP contribution >= 0.6 is 0 Å². The molecule has 1 N–H and O–H groups in total. The topological polar surface area (TPSA) is 98.5 Å². The molecule has 20 heavy (non-hydrogen) atoms. The van der Waals surface area contributed by atoms with Crippen LogP contribution < -0.4 is 0 Å². The molecule has 0 aromatic heterocycles. The fourth-order valence-corrected chi connectivity index (χ4v) is 3.16. The number of carbonyl (C=O) groups is 1. The molecule has 0 aliphatic rings. The van der Waals surface area contributed by atoms with Crippen LogP contribution in [-0.4, -0.2) is 37.4 Å². The van der Waals surface area contributed by atoms with Crippen molar-refractivity contribution in [3.05, 3.63) is 29.3 Å². The van der Waals surface area contributed by atoms with Gasteiger partial charge in [0.25, 0.3) is 0 Å². The third-order valence-corrected chi connectivity index (χ3v) is 4.87. The highest BCUT2D eigenvalue weighted by atomic mass is 32.2. The molecule has 0 spiro atoms. The second-order valence-corrected chi connectivity index (χ2v) is 6.43. The summed E-state index contributed by atoms with van der Waals surface area (Å²) in [6, 6.07) is 6.31. The predicted octanol–water partition coefficient (Wildman–Crippen LogP) is 1.35. The Labute approximate surface area is 118 Å². The summed E-state index contributed by atoms with van der Waals surface area (Å²) < 4.78 is 25.8. The molecule has 0 radical (unpaired) electrons. The van der Waals surface area contributed by atoms with Crippen LogP contribution in [0.5, 0.6) is 0 Å². The first kappa shape index (κ1) is 16.1. The second-order valence-electron chi connectivity index (χ2n) is 4.42. The lowest BCUT2D eigenvalue weighted by Gasteiger charge is -2.18. The van der Waals surface area contributed by atoms with E-state index in [0.717, 1.165) is 4.31 Å². The van der Waals surface area contributed by atoms with Crippen LogP contribution in [0.4, 0.5) is 0 Å². The smallest absolute Gasteiger partial charge is 0.303 e. The molecule has 0 atom stereocenters. The van der Waals surface area contributed by atoms with E-state index < -0.39 is 16.0 Å². The number of hydrogen-bond donors (Lipinski definition) is 1. The van der Waals surface area contributed by atoms with E-state index in [2.05, 4.69) is 0 Å². The Balaban J connectivity index is 2.93. The standard InChI is InChI=1S/C13H16N2O4S/c1-10-8-11(9-14)5-6-12(10)20(18,19)15(2)7-3-4-13(16)17/h5-6,8H,3-4,7H2,1-2H3,(H,16,17). The number of aryl methyl sites for hydroxylation is 1. The molecule has 1 aromatic rings. The SMILES string of the molecule is Cc1cc(C#N)ccc1S(=O)(=O)N(C)CCCC(=O)O. The number of aliphatic carboxylic acids is 1. The third-order valence-electron chi connectivity index (χ3n) is 2.86. The lowest BCUT2D eigenvalue weighted by molar-refractivity contribution is -0.137. The summed E-state index contributed by atoms with van der Waals surface area (Å²) in [5.74, 6) is -0.953. The Hall–Kier alpha value is -1.91.